The average molecular weight is 227 g/mol. The maximum atomic E-state index is 6.35. The summed E-state index contributed by atoms with van der Waals surface area (Å²) in [6.07, 6.45) is 7.72. The van der Waals surface area contributed by atoms with Crippen molar-refractivity contribution in [2.24, 2.45) is 17.6 Å². The summed E-state index contributed by atoms with van der Waals surface area (Å²) in [5, 5.41) is 0. The van der Waals surface area contributed by atoms with Gasteiger partial charge in [-0.25, -0.2) is 0 Å². The van der Waals surface area contributed by atoms with Crippen molar-refractivity contribution in [3.63, 3.8) is 0 Å². The molecule has 0 aromatic rings. The van der Waals surface area contributed by atoms with Crippen molar-refractivity contribution in [2.45, 2.75) is 70.9 Å². The summed E-state index contributed by atoms with van der Waals surface area (Å²) in [5.74, 6) is 1.63. The lowest BCUT2D eigenvalue weighted by atomic mass is 9.75. The quantitative estimate of drug-likeness (QED) is 0.781. The van der Waals surface area contributed by atoms with E-state index in [1.165, 1.54) is 32.1 Å². The van der Waals surface area contributed by atoms with Gasteiger partial charge in [0.25, 0.3) is 0 Å². The van der Waals surface area contributed by atoms with Gasteiger partial charge in [0.2, 0.25) is 0 Å². The van der Waals surface area contributed by atoms with Crippen LogP contribution in [-0.2, 0) is 4.74 Å². The molecule has 2 heteroatoms. The van der Waals surface area contributed by atoms with Crippen LogP contribution in [0.15, 0.2) is 0 Å². The highest BCUT2D eigenvalue weighted by Gasteiger charge is 2.29. The highest BCUT2D eigenvalue weighted by Crippen LogP contribution is 2.34. The van der Waals surface area contributed by atoms with Gasteiger partial charge in [0.05, 0.1) is 5.60 Å². The zero-order valence-corrected chi connectivity index (χ0v) is 11.5. The van der Waals surface area contributed by atoms with E-state index < -0.39 is 0 Å². The molecule has 1 saturated carbocycles. The fourth-order valence-electron chi connectivity index (χ4n) is 2.91. The van der Waals surface area contributed by atoms with Gasteiger partial charge in [-0.15, -0.1) is 0 Å². The fraction of sp³-hybridized carbons (Fsp3) is 1.00. The molecule has 0 bridgehead atoms. The van der Waals surface area contributed by atoms with Crippen LogP contribution in [-0.4, -0.2) is 18.8 Å². The van der Waals surface area contributed by atoms with E-state index in [1.54, 1.807) is 7.11 Å². The molecule has 3 unspecified atom stereocenters. The SMILES string of the molecule is CCC1CCCC(C(N)CC(C)(C)OC)C1. The van der Waals surface area contributed by atoms with Crippen molar-refractivity contribution in [1.82, 2.24) is 0 Å². The first kappa shape index (κ1) is 14.0. The molecule has 0 aromatic heterocycles. The molecule has 0 amide bonds. The van der Waals surface area contributed by atoms with Crippen LogP contribution in [0.2, 0.25) is 0 Å². The molecule has 0 spiro atoms. The van der Waals surface area contributed by atoms with Crippen LogP contribution >= 0.6 is 0 Å². The maximum absolute atomic E-state index is 6.35. The first-order chi connectivity index (χ1) is 7.48. The number of rotatable bonds is 5. The highest BCUT2D eigenvalue weighted by atomic mass is 16.5. The Labute approximate surface area is 101 Å². The van der Waals surface area contributed by atoms with Crippen LogP contribution in [0.1, 0.15) is 59.3 Å². The molecule has 1 rings (SSSR count). The summed E-state index contributed by atoms with van der Waals surface area (Å²) in [6, 6.07) is 0.310. The molecule has 96 valence electrons. The van der Waals surface area contributed by atoms with Crippen LogP contribution in [0, 0.1) is 11.8 Å². The largest absolute Gasteiger partial charge is 0.379 e. The molecule has 1 aliphatic carbocycles. The van der Waals surface area contributed by atoms with Crippen molar-refractivity contribution in [3.05, 3.63) is 0 Å². The first-order valence-electron chi connectivity index (χ1n) is 6.79. The van der Waals surface area contributed by atoms with E-state index >= 15 is 0 Å². The average Bonchev–Trinajstić information content (AvgIpc) is 2.28. The van der Waals surface area contributed by atoms with E-state index in [-0.39, 0.29) is 5.60 Å². The van der Waals surface area contributed by atoms with E-state index in [1.807, 2.05) is 0 Å². The van der Waals surface area contributed by atoms with Crippen LogP contribution < -0.4 is 5.73 Å². The van der Waals surface area contributed by atoms with Crippen molar-refractivity contribution < 1.29 is 4.74 Å². The Morgan fingerprint density at radius 3 is 2.62 bits per heavy atom. The Kier molecular flexibility index (Phi) is 5.26. The first-order valence-corrected chi connectivity index (χ1v) is 6.79. The van der Waals surface area contributed by atoms with Gasteiger partial charge in [-0.2, -0.15) is 0 Å². The molecule has 2 nitrogen and oxygen atoms in total. The summed E-state index contributed by atoms with van der Waals surface area (Å²) >= 11 is 0. The number of methoxy groups -OCH3 is 1. The normalized spacial score (nSPS) is 29.1. The third-order valence-electron chi connectivity index (χ3n) is 4.29. The lowest BCUT2D eigenvalue weighted by Gasteiger charge is -2.36. The van der Waals surface area contributed by atoms with Crippen LogP contribution in [0.25, 0.3) is 0 Å². The van der Waals surface area contributed by atoms with Gasteiger partial charge in [-0.05, 0) is 44.9 Å². The lowest BCUT2D eigenvalue weighted by molar-refractivity contribution is 0.00250. The van der Waals surface area contributed by atoms with Gasteiger partial charge in [0.1, 0.15) is 0 Å². The van der Waals surface area contributed by atoms with Crippen molar-refractivity contribution in [2.75, 3.05) is 7.11 Å². The third-order valence-corrected chi connectivity index (χ3v) is 4.29. The summed E-state index contributed by atoms with van der Waals surface area (Å²) in [7, 11) is 1.78. The van der Waals surface area contributed by atoms with Gasteiger partial charge in [0.15, 0.2) is 0 Å². The molecule has 16 heavy (non-hydrogen) atoms. The lowest BCUT2D eigenvalue weighted by Crippen LogP contribution is -2.40. The summed E-state index contributed by atoms with van der Waals surface area (Å²) < 4.78 is 5.47. The number of ether oxygens (including phenoxy) is 1. The van der Waals surface area contributed by atoms with Crippen LogP contribution in [0.4, 0.5) is 0 Å². The summed E-state index contributed by atoms with van der Waals surface area (Å²) in [6.45, 7) is 6.57. The summed E-state index contributed by atoms with van der Waals surface area (Å²) in [4.78, 5) is 0. The Hall–Kier alpha value is -0.0800. The van der Waals surface area contributed by atoms with E-state index in [9.17, 15) is 0 Å². The zero-order valence-electron chi connectivity index (χ0n) is 11.5. The second-order valence-electron chi connectivity index (χ2n) is 6.03. The predicted molar refractivity (Wildman–Crippen MR) is 69.4 cm³/mol. The molecule has 3 atom stereocenters. The van der Waals surface area contributed by atoms with E-state index in [0.717, 1.165) is 12.3 Å². The smallest absolute Gasteiger partial charge is 0.0637 e. The molecule has 0 aliphatic heterocycles. The van der Waals surface area contributed by atoms with E-state index in [4.69, 9.17) is 10.5 Å². The van der Waals surface area contributed by atoms with Gasteiger partial charge < -0.3 is 10.5 Å². The standard InChI is InChI=1S/C14H29NO/c1-5-11-7-6-8-12(9-11)13(15)10-14(2,3)16-4/h11-13H,5-10,15H2,1-4H3. The second kappa shape index (κ2) is 6.02. The van der Waals surface area contributed by atoms with Crippen LogP contribution in [0.3, 0.4) is 0 Å². The molecule has 0 radical (unpaired) electrons. The van der Waals surface area contributed by atoms with Gasteiger partial charge in [0, 0.05) is 13.2 Å². The molecule has 0 aromatic carbocycles. The number of hydrogen-bond acceptors (Lipinski definition) is 2. The number of hydrogen-bond donors (Lipinski definition) is 1. The fourth-order valence-corrected chi connectivity index (χ4v) is 2.91. The van der Waals surface area contributed by atoms with E-state index in [0.29, 0.717) is 12.0 Å². The van der Waals surface area contributed by atoms with Crippen molar-refractivity contribution in [3.8, 4) is 0 Å². The molecule has 0 saturated heterocycles. The zero-order chi connectivity index (χ0) is 12.2. The Morgan fingerprint density at radius 2 is 2.06 bits per heavy atom. The molecule has 1 fully saturated rings. The highest BCUT2D eigenvalue weighted by molar-refractivity contribution is 4.84. The minimum Gasteiger partial charge on any atom is -0.379 e. The van der Waals surface area contributed by atoms with E-state index in [2.05, 4.69) is 20.8 Å². The molecule has 0 heterocycles. The Bertz CT molecular complexity index is 203. The van der Waals surface area contributed by atoms with Crippen molar-refractivity contribution >= 4 is 0 Å². The van der Waals surface area contributed by atoms with Gasteiger partial charge in [-0.1, -0.05) is 26.2 Å². The second-order valence-corrected chi connectivity index (χ2v) is 6.03. The molecular weight excluding hydrogens is 198 g/mol. The van der Waals surface area contributed by atoms with Gasteiger partial charge in [-0.3, -0.25) is 0 Å². The Balaban J connectivity index is 2.44. The minimum absolute atomic E-state index is 0.0709. The molecular formula is C14H29NO. The van der Waals surface area contributed by atoms with Crippen LogP contribution in [0.5, 0.6) is 0 Å². The summed E-state index contributed by atoms with van der Waals surface area (Å²) in [5.41, 5.74) is 6.28. The van der Waals surface area contributed by atoms with Gasteiger partial charge >= 0.3 is 0 Å². The maximum Gasteiger partial charge on any atom is 0.0637 e. The molecule has 2 N–H and O–H groups in total. The third kappa shape index (κ3) is 4.06. The number of nitrogens with two attached hydrogens (primary N) is 1. The minimum atomic E-state index is -0.0709. The topological polar surface area (TPSA) is 35.2 Å². The monoisotopic (exact) mass is 227 g/mol. The molecule has 1 aliphatic rings. The predicted octanol–water partition coefficient (Wildman–Crippen LogP) is 3.35. The van der Waals surface area contributed by atoms with Crippen molar-refractivity contribution in [1.29, 1.82) is 0 Å². The Morgan fingerprint density at radius 1 is 1.38 bits per heavy atom.